The van der Waals surface area contributed by atoms with Gasteiger partial charge in [-0.2, -0.15) is 0 Å². The van der Waals surface area contributed by atoms with Crippen molar-refractivity contribution < 1.29 is 4.79 Å². The summed E-state index contributed by atoms with van der Waals surface area (Å²) in [5.41, 5.74) is 4.17. The van der Waals surface area contributed by atoms with Crippen LogP contribution in [0.15, 0.2) is 48.7 Å². The number of benzene rings is 1. The van der Waals surface area contributed by atoms with Crippen molar-refractivity contribution in [2.45, 2.75) is 6.54 Å². The maximum atomic E-state index is 11.5. The SMILES string of the molecule is NNC(=O)c1cccc(Cn2ccc3c(Cl)cccc32)n1. The number of fused-ring (bicyclic) bond motifs is 1. The van der Waals surface area contributed by atoms with Gasteiger partial charge in [-0.15, -0.1) is 0 Å². The molecule has 5 nitrogen and oxygen atoms in total. The van der Waals surface area contributed by atoms with Gasteiger partial charge in [0.1, 0.15) is 5.69 Å². The van der Waals surface area contributed by atoms with Crippen LogP contribution in [0.3, 0.4) is 0 Å². The Hall–Kier alpha value is -2.37. The Morgan fingerprint density at radius 2 is 2.05 bits per heavy atom. The summed E-state index contributed by atoms with van der Waals surface area (Å²) in [5.74, 6) is 4.72. The van der Waals surface area contributed by atoms with E-state index in [1.165, 1.54) is 0 Å². The minimum absolute atomic E-state index is 0.296. The number of nitrogen functional groups attached to an aromatic ring is 1. The summed E-state index contributed by atoms with van der Waals surface area (Å²) in [6, 6.07) is 13.0. The van der Waals surface area contributed by atoms with Crippen LogP contribution in [0.1, 0.15) is 16.2 Å². The van der Waals surface area contributed by atoms with E-state index in [4.69, 9.17) is 17.4 Å². The van der Waals surface area contributed by atoms with Crippen molar-refractivity contribution in [1.29, 1.82) is 0 Å². The van der Waals surface area contributed by atoms with Gasteiger partial charge in [0.05, 0.1) is 12.2 Å². The van der Waals surface area contributed by atoms with Crippen LogP contribution in [0.4, 0.5) is 0 Å². The molecule has 0 atom stereocenters. The van der Waals surface area contributed by atoms with Crippen molar-refractivity contribution in [3.05, 3.63) is 65.1 Å². The standard InChI is InChI=1S/C15H13ClN4O/c16-12-4-2-6-14-11(12)7-8-20(14)9-10-3-1-5-13(18-10)15(21)19-17/h1-8H,9,17H2,(H,19,21). The van der Waals surface area contributed by atoms with Crippen LogP contribution in [-0.2, 0) is 6.54 Å². The van der Waals surface area contributed by atoms with Crippen molar-refractivity contribution in [2.24, 2.45) is 5.84 Å². The molecule has 0 aliphatic carbocycles. The molecule has 0 saturated carbocycles. The van der Waals surface area contributed by atoms with Crippen molar-refractivity contribution in [2.75, 3.05) is 0 Å². The number of nitrogens with two attached hydrogens (primary N) is 1. The van der Waals surface area contributed by atoms with E-state index >= 15 is 0 Å². The zero-order valence-electron chi connectivity index (χ0n) is 11.1. The number of aromatic nitrogens is 2. The monoisotopic (exact) mass is 300 g/mol. The van der Waals surface area contributed by atoms with E-state index in [0.717, 1.165) is 21.6 Å². The molecular formula is C15H13ClN4O. The largest absolute Gasteiger partial charge is 0.341 e. The van der Waals surface area contributed by atoms with Gasteiger partial charge in [-0.25, -0.2) is 10.8 Å². The van der Waals surface area contributed by atoms with Gasteiger partial charge in [0, 0.05) is 22.1 Å². The normalized spacial score (nSPS) is 10.8. The molecule has 3 aromatic rings. The first-order valence-electron chi connectivity index (χ1n) is 6.39. The number of halogens is 1. The second-order valence-electron chi connectivity index (χ2n) is 4.60. The number of nitrogens with zero attached hydrogens (tertiary/aromatic N) is 2. The summed E-state index contributed by atoms with van der Waals surface area (Å²) in [6.07, 6.45) is 1.95. The lowest BCUT2D eigenvalue weighted by molar-refractivity contribution is 0.0948. The number of amides is 1. The van der Waals surface area contributed by atoms with Gasteiger partial charge >= 0.3 is 0 Å². The molecule has 0 bridgehead atoms. The van der Waals surface area contributed by atoms with E-state index in [-0.39, 0.29) is 0 Å². The summed E-state index contributed by atoms with van der Waals surface area (Å²) in [6.45, 7) is 0.551. The van der Waals surface area contributed by atoms with Crippen LogP contribution in [0.2, 0.25) is 5.02 Å². The number of rotatable bonds is 3. The molecule has 0 aliphatic rings. The van der Waals surface area contributed by atoms with Gasteiger partial charge in [-0.3, -0.25) is 10.2 Å². The van der Waals surface area contributed by atoms with Gasteiger partial charge in [-0.1, -0.05) is 23.7 Å². The van der Waals surface area contributed by atoms with E-state index in [9.17, 15) is 4.79 Å². The van der Waals surface area contributed by atoms with Crippen molar-refractivity contribution in [3.8, 4) is 0 Å². The fourth-order valence-corrected chi connectivity index (χ4v) is 2.50. The molecule has 0 fully saturated rings. The zero-order chi connectivity index (χ0) is 14.8. The lowest BCUT2D eigenvalue weighted by Crippen LogP contribution is -2.30. The van der Waals surface area contributed by atoms with Crippen molar-refractivity contribution in [1.82, 2.24) is 15.0 Å². The van der Waals surface area contributed by atoms with Crippen LogP contribution in [-0.4, -0.2) is 15.5 Å². The Balaban J connectivity index is 1.95. The number of carbonyl (C=O) groups is 1. The Morgan fingerprint density at radius 1 is 1.24 bits per heavy atom. The lowest BCUT2D eigenvalue weighted by Gasteiger charge is -2.07. The summed E-state index contributed by atoms with van der Waals surface area (Å²) >= 11 is 6.16. The third-order valence-electron chi connectivity index (χ3n) is 3.26. The van der Waals surface area contributed by atoms with Crippen LogP contribution < -0.4 is 11.3 Å². The van der Waals surface area contributed by atoms with Crippen molar-refractivity contribution in [3.63, 3.8) is 0 Å². The van der Waals surface area contributed by atoms with Gasteiger partial charge in [0.2, 0.25) is 0 Å². The highest BCUT2D eigenvalue weighted by Crippen LogP contribution is 2.24. The molecule has 1 aromatic carbocycles. The van der Waals surface area contributed by atoms with Crippen LogP contribution in [0.25, 0.3) is 10.9 Å². The van der Waals surface area contributed by atoms with Gasteiger partial charge in [-0.05, 0) is 30.3 Å². The molecule has 0 aliphatic heterocycles. The molecule has 106 valence electrons. The third kappa shape index (κ3) is 2.61. The average molecular weight is 301 g/mol. The number of pyridine rings is 1. The maximum absolute atomic E-state index is 11.5. The predicted octanol–water partition coefficient (Wildman–Crippen LogP) is 2.34. The molecule has 0 saturated heterocycles. The average Bonchev–Trinajstić information content (AvgIpc) is 2.91. The Morgan fingerprint density at radius 3 is 2.86 bits per heavy atom. The van der Waals surface area contributed by atoms with E-state index in [0.29, 0.717) is 12.2 Å². The Labute approximate surface area is 126 Å². The quantitative estimate of drug-likeness (QED) is 0.443. The molecule has 21 heavy (non-hydrogen) atoms. The first-order chi connectivity index (χ1) is 10.2. The van der Waals surface area contributed by atoms with E-state index in [2.05, 4.69) is 10.4 Å². The summed E-state index contributed by atoms with van der Waals surface area (Å²) < 4.78 is 2.04. The van der Waals surface area contributed by atoms with Crippen LogP contribution in [0.5, 0.6) is 0 Å². The summed E-state index contributed by atoms with van der Waals surface area (Å²) in [7, 11) is 0. The summed E-state index contributed by atoms with van der Waals surface area (Å²) in [5, 5.41) is 1.71. The fraction of sp³-hybridized carbons (Fsp3) is 0.0667. The van der Waals surface area contributed by atoms with Crippen LogP contribution in [0, 0.1) is 0 Å². The minimum Gasteiger partial charge on any atom is -0.341 e. The Kier molecular flexibility index (Phi) is 3.60. The maximum Gasteiger partial charge on any atom is 0.283 e. The fourth-order valence-electron chi connectivity index (χ4n) is 2.27. The first-order valence-corrected chi connectivity index (χ1v) is 6.77. The van der Waals surface area contributed by atoms with E-state index in [1.807, 2.05) is 41.1 Å². The molecule has 0 spiro atoms. The van der Waals surface area contributed by atoms with Gasteiger partial charge in [0.15, 0.2) is 0 Å². The van der Waals surface area contributed by atoms with E-state index < -0.39 is 5.91 Å². The molecule has 1 amide bonds. The van der Waals surface area contributed by atoms with Gasteiger partial charge in [0.25, 0.3) is 5.91 Å². The van der Waals surface area contributed by atoms with E-state index in [1.54, 1.807) is 12.1 Å². The van der Waals surface area contributed by atoms with Crippen LogP contribution >= 0.6 is 11.6 Å². The first kappa shape index (κ1) is 13.6. The highest BCUT2D eigenvalue weighted by Gasteiger charge is 2.08. The third-order valence-corrected chi connectivity index (χ3v) is 3.59. The topological polar surface area (TPSA) is 72.9 Å². The molecular weight excluding hydrogens is 288 g/mol. The highest BCUT2D eigenvalue weighted by molar-refractivity contribution is 6.35. The van der Waals surface area contributed by atoms with Crippen molar-refractivity contribution >= 4 is 28.4 Å². The number of hydrazine groups is 1. The number of hydrogen-bond acceptors (Lipinski definition) is 3. The molecule has 6 heteroatoms. The molecule has 3 rings (SSSR count). The molecule has 0 unspecified atom stereocenters. The number of carbonyl (C=O) groups excluding carboxylic acids is 1. The number of hydrogen-bond donors (Lipinski definition) is 2. The molecule has 0 radical (unpaired) electrons. The minimum atomic E-state index is -0.405. The molecule has 2 heterocycles. The molecule has 2 aromatic heterocycles. The summed E-state index contributed by atoms with van der Waals surface area (Å²) in [4.78, 5) is 15.8. The molecule has 3 N–H and O–H groups in total. The lowest BCUT2D eigenvalue weighted by atomic mass is 10.2. The smallest absolute Gasteiger partial charge is 0.283 e. The Bertz CT molecular complexity index is 812. The van der Waals surface area contributed by atoms with Gasteiger partial charge < -0.3 is 4.57 Å². The zero-order valence-corrected chi connectivity index (χ0v) is 11.8. The second kappa shape index (κ2) is 5.55. The second-order valence-corrected chi connectivity index (χ2v) is 5.01. The number of nitrogens with one attached hydrogen (secondary N) is 1. The predicted molar refractivity (Wildman–Crippen MR) is 81.9 cm³/mol. The highest BCUT2D eigenvalue weighted by atomic mass is 35.5.